The Morgan fingerprint density at radius 3 is 2.36 bits per heavy atom. The summed E-state index contributed by atoms with van der Waals surface area (Å²) < 4.78 is 10.6. The summed E-state index contributed by atoms with van der Waals surface area (Å²) in [7, 11) is 0. The molecule has 0 unspecified atom stereocenters. The van der Waals surface area contributed by atoms with Gasteiger partial charge < -0.3 is 14.4 Å². The largest absolute Gasteiger partial charge is 0.462 e. The fraction of sp³-hybridized carbons (Fsp3) is 0.385. The van der Waals surface area contributed by atoms with Crippen LogP contribution in [0.25, 0.3) is 0 Å². The summed E-state index contributed by atoms with van der Waals surface area (Å²) in [5.74, 6) is -2.14. The number of Topliss-reactive ketones (excluding diaryl/α,β-unsaturated/α-hetero) is 1. The highest BCUT2D eigenvalue weighted by molar-refractivity contribution is 6.02. The molecule has 2 aromatic rings. The fourth-order valence-electron chi connectivity index (χ4n) is 3.65. The quantitative estimate of drug-likeness (QED) is 0.306. The second kappa shape index (κ2) is 11.4. The Balaban J connectivity index is 1.55. The molecule has 1 fully saturated rings. The van der Waals surface area contributed by atoms with E-state index in [0.717, 1.165) is 19.3 Å². The van der Waals surface area contributed by atoms with Crippen molar-refractivity contribution in [3.05, 3.63) is 65.7 Å². The Morgan fingerprint density at radius 2 is 1.70 bits per heavy atom. The lowest BCUT2D eigenvalue weighted by atomic mass is 10.1. The van der Waals surface area contributed by atoms with E-state index in [1.807, 2.05) is 0 Å². The highest BCUT2D eigenvalue weighted by Crippen LogP contribution is 2.27. The van der Waals surface area contributed by atoms with Gasteiger partial charge in [0.2, 0.25) is 11.7 Å². The van der Waals surface area contributed by atoms with Gasteiger partial charge in [-0.2, -0.15) is 0 Å². The number of ketones is 1. The van der Waals surface area contributed by atoms with Gasteiger partial charge in [0, 0.05) is 24.2 Å². The van der Waals surface area contributed by atoms with Crippen molar-refractivity contribution in [3.8, 4) is 0 Å². The fourth-order valence-corrected chi connectivity index (χ4v) is 3.65. The van der Waals surface area contributed by atoms with Gasteiger partial charge in [-0.1, -0.05) is 50.1 Å². The zero-order valence-corrected chi connectivity index (χ0v) is 19.0. The number of ether oxygens (including phenoxy) is 2. The predicted octanol–water partition coefficient (Wildman–Crippen LogP) is 4.20. The zero-order valence-electron chi connectivity index (χ0n) is 19.0. The minimum absolute atomic E-state index is 0.00625. The summed E-state index contributed by atoms with van der Waals surface area (Å²) in [6.07, 6.45) is 1.95. The van der Waals surface area contributed by atoms with Crippen LogP contribution in [0.15, 0.2) is 54.6 Å². The van der Waals surface area contributed by atoms with Crippen molar-refractivity contribution in [3.63, 3.8) is 0 Å². The first-order valence-corrected chi connectivity index (χ1v) is 11.3. The highest BCUT2D eigenvalue weighted by atomic mass is 16.5. The first kappa shape index (κ1) is 24.2. The number of unbranched alkanes of at least 4 members (excludes halogenated alkanes) is 2. The van der Waals surface area contributed by atoms with Crippen molar-refractivity contribution in [2.45, 2.75) is 45.6 Å². The molecule has 1 aliphatic rings. The standard InChI is InChI=1S/C26H29NO6/c1-3-4-8-15-32-25(30)20-11-13-22(14-12-20)27-17-21(16-23(27)28)26(31)33-18(2)24(29)19-9-6-5-7-10-19/h5-7,9-14,18,21H,3-4,8,15-17H2,1-2H3/t18-,21-/m1/s1. The van der Waals surface area contributed by atoms with Crippen molar-refractivity contribution < 1.29 is 28.7 Å². The van der Waals surface area contributed by atoms with Gasteiger partial charge in [-0.25, -0.2) is 4.79 Å². The molecule has 33 heavy (non-hydrogen) atoms. The van der Waals surface area contributed by atoms with Crippen LogP contribution in [0, 0.1) is 5.92 Å². The van der Waals surface area contributed by atoms with Crippen molar-refractivity contribution >= 4 is 29.3 Å². The summed E-state index contributed by atoms with van der Waals surface area (Å²) in [6.45, 7) is 4.15. The first-order chi connectivity index (χ1) is 15.9. The zero-order chi connectivity index (χ0) is 23.8. The number of hydrogen-bond donors (Lipinski definition) is 0. The minimum atomic E-state index is -0.938. The number of nitrogens with zero attached hydrogens (tertiary/aromatic N) is 1. The summed E-state index contributed by atoms with van der Waals surface area (Å²) in [6, 6.07) is 15.2. The van der Waals surface area contributed by atoms with E-state index < -0.39 is 24.0 Å². The topological polar surface area (TPSA) is 90.0 Å². The lowest BCUT2D eigenvalue weighted by Gasteiger charge is -2.18. The monoisotopic (exact) mass is 451 g/mol. The molecule has 1 saturated heterocycles. The van der Waals surface area contributed by atoms with Crippen molar-refractivity contribution in [1.29, 1.82) is 0 Å². The number of benzene rings is 2. The molecule has 0 aliphatic carbocycles. The Kier molecular flexibility index (Phi) is 8.35. The second-order valence-electron chi connectivity index (χ2n) is 8.10. The molecule has 7 nitrogen and oxygen atoms in total. The summed E-state index contributed by atoms with van der Waals surface area (Å²) in [5.41, 5.74) is 1.46. The van der Waals surface area contributed by atoms with Crippen LogP contribution in [0.5, 0.6) is 0 Å². The van der Waals surface area contributed by atoms with Gasteiger partial charge in [0.05, 0.1) is 18.1 Å². The van der Waals surface area contributed by atoms with Crippen LogP contribution in [0.1, 0.15) is 60.2 Å². The molecule has 0 saturated carbocycles. The smallest absolute Gasteiger partial charge is 0.338 e. The maximum atomic E-state index is 12.6. The summed E-state index contributed by atoms with van der Waals surface area (Å²) >= 11 is 0. The van der Waals surface area contributed by atoms with Crippen LogP contribution in [0.4, 0.5) is 5.69 Å². The number of carbonyl (C=O) groups excluding carboxylic acids is 4. The number of carbonyl (C=O) groups is 4. The number of rotatable bonds is 10. The van der Waals surface area contributed by atoms with Crippen molar-refractivity contribution in [2.24, 2.45) is 5.92 Å². The average Bonchev–Trinajstić information content (AvgIpc) is 3.23. The number of esters is 2. The molecule has 174 valence electrons. The third-order valence-electron chi connectivity index (χ3n) is 5.57. The van der Waals surface area contributed by atoms with Crippen LogP contribution in [-0.4, -0.2) is 42.9 Å². The molecule has 1 amide bonds. The predicted molar refractivity (Wildman–Crippen MR) is 123 cm³/mol. The second-order valence-corrected chi connectivity index (χ2v) is 8.10. The van der Waals surface area contributed by atoms with Gasteiger partial charge in [0.15, 0.2) is 6.10 Å². The molecule has 1 heterocycles. The number of hydrogen-bond acceptors (Lipinski definition) is 6. The van der Waals surface area contributed by atoms with E-state index in [4.69, 9.17) is 9.47 Å². The van der Waals surface area contributed by atoms with Crippen LogP contribution < -0.4 is 4.90 Å². The van der Waals surface area contributed by atoms with E-state index in [9.17, 15) is 19.2 Å². The Labute approximate surface area is 193 Å². The number of anilines is 1. The van der Waals surface area contributed by atoms with Crippen LogP contribution in [-0.2, 0) is 19.1 Å². The summed E-state index contributed by atoms with van der Waals surface area (Å²) in [4.78, 5) is 51.1. The van der Waals surface area contributed by atoms with E-state index in [-0.39, 0.29) is 24.7 Å². The van der Waals surface area contributed by atoms with Gasteiger partial charge in [0.25, 0.3) is 0 Å². The van der Waals surface area contributed by atoms with Gasteiger partial charge in [-0.05, 0) is 37.6 Å². The molecule has 0 spiro atoms. The SMILES string of the molecule is CCCCCOC(=O)c1ccc(N2C[C@H](C(=O)O[C@H](C)C(=O)c3ccccc3)CC2=O)cc1. The lowest BCUT2D eigenvalue weighted by molar-refractivity contribution is -0.151. The third kappa shape index (κ3) is 6.28. The average molecular weight is 452 g/mol. The molecule has 3 rings (SSSR count). The van der Waals surface area contributed by atoms with Crippen LogP contribution >= 0.6 is 0 Å². The van der Waals surface area contributed by atoms with E-state index in [2.05, 4.69) is 6.92 Å². The molecule has 0 aromatic heterocycles. The molecule has 0 bridgehead atoms. The third-order valence-corrected chi connectivity index (χ3v) is 5.57. The lowest BCUT2D eigenvalue weighted by Crippen LogP contribution is -2.30. The molecule has 2 aromatic carbocycles. The molecule has 2 atom stereocenters. The van der Waals surface area contributed by atoms with Gasteiger partial charge in [0.1, 0.15) is 0 Å². The Hall–Kier alpha value is -3.48. The Bertz CT molecular complexity index is 986. The van der Waals surface area contributed by atoms with E-state index in [1.54, 1.807) is 54.6 Å². The molecule has 0 radical (unpaired) electrons. The van der Waals surface area contributed by atoms with Gasteiger partial charge in [-0.15, -0.1) is 0 Å². The van der Waals surface area contributed by atoms with E-state index in [1.165, 1.54) is 11.8 Å². The maximum Gasteiger partial charge on any atom is 0.338 e. The van der Waals surface area contributed by atoms with Gasteiger partial charge in [-0.3, -0.25) is 14.4 Å². The maximum absolute atomic E-state index is 12.6. The molecule has 0 N–H and O–H groups in total. The van der Waals surface area contributed by atoms with Gasteiger partial charge >= 0.3 is 11.9 Å². The minimum Gasteiger partial charge on any atom is -0.462 e. The Morgan fingerprint density at radius 1 is 1.00 bits per heavy atom. The van der Waals surface area contributed by atoms with Crippen molar-refractivity contribution in [1.82, 2.24) is 0 Å². The summed E-state index contributed by atoms with van der Waals surface area (Å²) in [5, 5.41) is 0. The van der Waals surface area contributed by atoms with Crippen molar-refractivity contribution in [2.75, 3.05) is 18.1 Å². The molecule has 7 heteroatoms. The van der Waals surface area contributed by atoms with E-state index >= 15 is 0 Å². The van der Waals surface area contributed by atoms with Crippen LogP contribution in [0.3, 0.4) is 0 Å². The normalized spacial score (nSPS) is 16.4. The highest BCUT2D eigenvalue weighted by Gasteiger charge is 2.37. The first-order valence-electron chi connectivity index (χ1n) is 11.3. The van der Waals surface area contributed by atoms with Crippen LogP contribution in [0.2, 0.25) is 0 Å². The van der Waals surface area contributed by atoms with E-state index in [0.29, 0.717) is 23.4 Å². The molecular formula is C26H29NO6. The molecular weight excluding hydrogens is 422 g/mol. The molecule has 1 aliphatic heterocycles. The number of amides is 1.